The summed E-state index contributed by atoms with van der Waals surface area (Å²) in [5.74, 6) is -1.51. The summed E-state index contributed by atoms with van der Waals surface area (Å²) in [4.78, 5) is 46.8. The maximum absolute atomic E-state index is 14.2. The number of carbonyl (C=O) groups is 3. The number of halogens is 1. The Morgan fingerprint density at radius 1 is 1.29 bits per heavy atom. The Morgan fingerprint density at radius 2 is 1.94 bits per heavy atom. The van der Waals surface area contributed by atoms with Crippen LogP contribution in [0.25, 0.3) is 0 Å². The Balaban J connectivity index is 2.10. The quantitative estimate of drug-likeness (QED) is 0.313. The van der Waals surface area contributed by atoms with Crippen LogP contribution in [0.3, 0.4) is 0 Å². The monoisotopic (exact) mass is 555 g/mol. The molecule has 3 saturated heterocycles. The SMILES string of the molecule is C=CCN(C)C(=O)[C@H]1[C@H]2C(=O)N([C@H](C)CO)C(C(=O)N(CC=C)C(C)CCC)C23CC(Br)[C@@H]1S3. The number of amides is 3. The van der Waals surface area contributed by atoms with E-state index < -0.39 is 28.7 Å². The van der Waals surface area contributed by atoms with Crippen molar-refractivity contribution in [3.8, 4) is 0 Å². The molecule has 0 aromatic rings. The zero-order valence-corrected chi connectivity index (χ0v) is 23.1. The molecule has 8 atom stereocenters. The fraction of sp³-hybridized carbons (Fsp3) is 0.720. The van der Waals surface area contributed by atoms with Crippen molar-refractivity contribution >= 4 is 45.4 Å². The van der Waals surface area contributed by atoms with Crippen molar-refractivity contribution in [3.63, 3.8) is 0 Å². The van der Waals surface area contributed by atoms with Crippen molar-refractivity contribution in [1.82, 2.24) is 14.7 Å². The highest BCUT2D eigenvalue weighted by Crippen LogP contribution is 2.68. The lowest BCUT2D eigenvalue weighted by atomic mass is 9.70. The molecule has 34 heavy (non-hydrogen) atoms. The summed E-state index contributed by atoms with van der Waals surface area (Å²) in [6.07, 6.45) is 5.80. The third-order valence-corrected chi connectivity index (χ3v) is 10.8. The van der Waals surface area contributed by atoms with E-state index in [9.17, 15) is 19.5 Å². The van der Waals surface area contributed by atoms with E-state index in [0.717, 1.165) is 12.8 Å². The highest BCUT2D eigenvalue weighted by Gasteiger charge is 2.76. The summed E-state index contributed by atoms with van der Waals surface area (Å²) in [7, 11) is 1.73. The van der Waals surface area contributed by atoms with E-state index in [2.05, 4.69) is 36.0 Å². The molecule has 7 nitrogen and oxygen atoms in total. The summed E-state index contributed by atoms with van der Waals surface area (Å²) in [6.45, 7) is 14.0. The number of hydrogen-bond donors (Lipinski definition) is 1. The highest BCUT2D eigenvalue weighted by molar-refractivity contribution is 9.09. The van der Waals surface area contributed by atoms with Crippen LogP contribution in [0.4, 0.5) is 0 Å². The van der Waals surface area contributed by atoms with E-state index in [0.29, 0.717) is 19.5 Å². The first kappa shape index (κ1) is 27.3. The second-order valence-electron chi connectivity index (χ2n) is 9.87. The van der Waals surface area contributed by atoms with E-state index >= 15 is 0 Å². The zero-order chi connectivity index (χ0) is 25.4. The maximum atomic E-state index is 14.2. The number of likely N-dealkylation sites (N-methyl/N-ethyl adjacent to an activating group) is 1. The van der Waals surface area contributed by atoms with Gasteiger partial charge in [-0.05, 0) is 26.7 Å². The molecule has 3 aliphatic rings. The van der Waals surface area contributed by atoms with Gasteiger partial charge in [0, 0.05) is 36.3 Å². The first-order valence-corrected chi connectivity index (χ1v) is 13.9. The van der Waals surface area contributed by atoms with Crippen molar-refractivity contribution in [3.05, 3.63) is 25.3 Å². The average Bonchev–Trinajstić information content (AvgIpc) is 3.39. The highest BCUT2D eigenvalue weighted by atomic mass is 79.9. The molecule has 4 unspecified atom stereocenters. The fourth-order valence-corrected chi connectivity index (χ4v) is 9.67. The first-order chi connectivity index (χ1) is 16.1. The molecular formula is C25H38BrN3O4S. The lowest BCUT2D eigenvalue weighted by molar-refractivity contribution is -0.147. The van der Waals surface area contributed by atoms with Gasteiger partial charge in [0.05, 0.1) is 29.2 Å². The fourth-order valence-electron chi connectivity index (χ4n) is 6.09. The average molecular weight is 557 g/mol. The molecule has 0 aromatic heterocycles. The number of aliphatic hydroxyl groups excluding tert-OH is 1. The molecule has 3 aliphatic heterocycles. The molecule has 190 valence electrons. The van der Waals surface area contributed by atoms with E-state index in [1.165, 1.54) is 0 Å². The minimum absolute atomic E-state index is 0.00754. The van der Waals surface area contributed by atoms with Gasteiger partial charge in [0.15, 0.2) is 0 Å². The normalized spacial score (nSPS) is 33.4. The van der Waals surface area contributed by atoms with Crippen molar-refractivity contribution in [2.75, 3.05) is 26.7 Å². The molecule has 0 saturated carbocycles. The van der Waals surface area contributed by atoms with Crippen molar-refractivity contribution in [2.45, 2.75) is 73.0 Å². The Morgan fingerprint density at radius 3 is 2.50 bits per heavy atom. The van der Waals surface area contributed by atoms with Gasteiger partial charge < -0.3 is 19.8 Å². The summed E-state index contributed by atoms with van der Waals surface area (Å²) in [6, 6.07) is -1.26. The van der Waals surface area contributed by atoms with Gasteiger partial charge in [-0.3, -0.25) is 14.4 Å². The molecule has 0 aromatic carbocycles. The third-order valence-electron chi connectivity index (χ3n) is 7.61. The molecule has 0 aliphatic carbocycles. The lowest BCUT2D eigenvalue weighted by Gasteiger charge is -2.41. The number of aliphatic hydroxyl groups is 1. The Kier molecular flexibility index (Phi) is 8.62. The van der Waals surface area contributed by atoms with Gasteiger partial charge in [-0.15, -0.1) is 24.9 Å². The minimum Gasteiger partial charge on any atom is -0.394 e. The largest absolute Gasteiger partial charge is 0.394 e. The number of rotatable bonds is 11. The van der Waals surface area contributed by atoms with Gasteiger partial charge >= 0.3 is 0 Å². The molecule has 3 fully saturated rings. The van der Waals surface area contributed by atoms with E-state index in [1.54, 1.807) is 47.7 Å². The van der Waals surface area contributed by atoms with Gasteiger partial charge in [-0.25, -0.2) is 0 Å². The number of hydrogen-bond acceptors (Lipinski definition) is 5. The van der Waals surface area contributed by atoms with Gasteiger partial charge in [-0.1, -0.05) is 41.4 Å². The van der Waals surface area contributed by atoms with Crippen LogP contribution in [0.2, 0.25) is 0 Å². The first-order valence-electron chi connectivity index (χ1n) is 12.1. The lowest BCUT2D eigenvalue weighted by Crippen LogP contribution is -2.58. The predicted molar refractivity (Wildman–Crippen MR) is 140 cm³/mol. The molecule has 0 radical (unpaired) electrons. The number of fused-ring (bicyclic) bond motifs is 1. The predicted octanol–water partition coefficient (Wildman–Crippen LogP) is 2.68. The number of likely N-dealkylation sites (tertiary alicyclic amines) is 1. The van der Waals surface area contributed by atoms with Gasteiger partial charge in [0.25, 0.3) is 0 Å². The molecule has 1 spiro atoms. The second kappa shape index (κ2) is 10.7. The Hall–Kier alpha value is -1.32. The van der Waals surface area contributed by atoms with Crippen molar-refractivity contribution in [1.29, 1.82) is 0 Å². The van der Waals surface area contributed by atoms with Crippen LogP contribution in [0.5, 0.6) is 0 Å². The van der Waals surface area contributed by atoms with E-state index in [4.69, 9.17) is 0 Å². The standard InChI is InChI=1S/C25H38BrN3O4S/c1-7-10-15(4)28(12-9-3)24(33)21-25-13-17(26)20(34-25)18(22(31)27(6)11-8-2)19(25)23(32)29(21)16(5)14-30/h8-9,15-21,30H,2-3,7,10-14H2,1,4-6H3/t15?,16-,17?,18+,19+,20+,21?,25?/m1/s1. The third kappa shape index (κ3) is 4.26. The van der Waals surface area contributed by atoms with E-state index in [1.807, 2.05) is 11.8 Å². The van der Waals surface area contributed by atoms with Crippen LogP contribution < -0.4 is 0 Å². The van der Waals surface area contributed by atoms with Crippen LogP contribution >= 0.6 is 27.7 Å². The molecule has 3 heterocycles. The molecule has 9 heteroatoms. The van der Waals surface area contributed by atoms with Gasteiger partial charge in [0.1, 0.15) is 6.04 Å². The number of thioether (sulfide) groups is 1. The Labute approximate surface area is 216 Å². The van der Waals surface area contributed by atoms with Crippen LogP contribution in [0.15, 0.2) is 25.3 Å². The van der Waals surface area contributed by atoms with Crippen LogP contribution in [0, 0.1) is 11.8 Å². The molecule has 2 bridgehead atoms. The van der Waals surface area contributed by atoms with Crippen LogP contribution in [-0.4, -0.2) is 97.2 Å². The van der Waals surface area contributed by atoms with Crippen LogP contribution in [-0.2, 0) is 14.4 Å². The van der Waals surface area contributed by atoms with Crippen molar-refractivity contribution in [2.24, 2.45) is 11.8 Å². The van der Waals surface area contributed by atoms with Gasteiger partial charge in [0.2, 0.25) is 17.7 Å². The second-order valence-corrected chi connectivity index (χ2v) is 12.6. The van der Waals surface area contributed by atoms with Crippen molar-refractivity contribution < 1.29 is 19.5 Å². The smallest absolute Gasteiger partial charge is 0.247 e. The number of nitrogens with zero attached hydrogens (tertiary/aromatic N) is 3. The summed E-state index contributed by atoms with van der Waals surface area (Å²) in [5.41, 5.74) is 0. The van der Waals surface area contributed by atoms with E-state index in [-0.39, 0.29) is 40.4 Å². The molecule has 3 amide bonds. The maximum Gasteiger partial charge on any atom is 0.247 e. The molecule has 1 N–H and O–H groups in total. The van der Waals surface area contributed by atoms with Crippen LogP contribution in [0.1, 0.15) is 40.0 Å². The molecule has 3 rings (SSSR count). The minimum atomic E-state index is -0.732. The summed E-state index contributed by atoms with van der Waals surface area (Å²) >= 11 is 5.41. The number of alkyl halides is 1. The molecular weight excluding hydrogens is 518 g/mol. The zero-order valence-electron chi connectivity index (χ0n) is 20.7. The number of carbonyl (C=O) groups excluding carboxylic acids is 3. The summed E-state index contributed by atoms with van der Waals surface area (Å²) in [5, 5.41) is 9.94. The summed E-state index contributed by atoms with van der Waals surface area (Å²) < 4.78 is -0.711. The Bertz CT molecular complexity index is 841. The topological polar surface area (TPSA) is 81.2 Å². The van der Waals surface area contributed by atoms with Gasteiger partial charge in [-0.2, -0.15) is 0 Å².